The zero-order valence-corrected chi connectivity index (χ0v) is 13.1. The first-order valence-electron chi connectivity index (χ1n) is 7.29. The number of carboxylic acids is 1. The van der Waals surface area contributed by atoms with Gasteiger partial charge in [0.05, 0.1) is 5.92 Å². The molecule has 0 bridgehead atoms. The lowest BCUT2D eigenvalue weighted by Crippen LogP contribution is -2.38. The topological polar surface area (TPSA) is 81.7 Å². The average Bonchev–Trinajstić information content (AvgIpc) is 2.38. The summed E-state index contributed by atoms with van der Waals surface area (Å²) in [7, 11) is 2.06. The summed E-state index contributed by atoms with van der Waals surface area (Å²) in [6, 6.07) is 0.334. The van der Waals surface area contributed by atoms with E-state index in [1.807, 2.05) is 0 Å². The number of carbonyl (C=O) groups is 2. The first-order valence-corrected chi connectivity index (χ1v) is 7.29. The highest BCUT2D eigenvalue weighted by molar-refractivity contribution is 5.73. The first kappa shape index (κ1) is 18.7. The van der Waals surface area contributed by atoms with E-state index in [1.165, 1.54) is 0 Å². The Kier molecular flexibility index (Phi) is 9.80. The van der Waals surface area contributed by atoms with Crippen LogP contribution in [0.1, 0.15) is 40.0 Å². The van der Waals surface area contributed by atoms with Crippen LogP contribution in [-0.2, 0) is 4.79 Å². The van der Waals surface area contributed by atoms with Crippen LogP contribution in [0.15, 0.2) is 0 Å². The molecule has 0 aliphatic carbocycles. The number of carbonyl (C=O) groups excluding carboxylic acids is 1. The predicted octanol–water partition coefficient (Wildman–Crippen LogP) is 1.52. The molecule has 6 heteroatoms. The molecule has 0 radical (unpaired) electrons. The van der Waals surface area contributed by atoms with E-state index < -0.39 is 5.97 Å². The number of aliphatic carboxylic acids is 1. The van der Waals surface area contributed by atoms with Crippen LogP contribution in [0.25, 0.3) is 0 Å². The third-order valence-corrected chi connectivity index (χ3v) is 3.38. The second-order valence-electron chi connectivity index (χ2n) is 5.49. The third kappa shape index (κ3) is 9.61. The number of nitrogens with zero attached hydrogens (tertiary/aromatic N) is 1. The lowest BCUT2D eigenvalue weighted by molar-refractivity contribution is -0.141. The Bertz CT molecular complexity index is 295. The number of hydrogen-bond acceptors (Lipinski definition) is 3. The highest BCUT2D eigenvalue weighted by Crippen LogP contribution is 2.03. The van der Waals surface area contributed by atoms with Gasteiger partial charge in [0.2, 0.25) is 0 Å². The van der Waals surface area contributed by atoms with E-state index >= 15 is 0 Å². The van der Waals surface area contributed by atoms with Gasteiger partial charge in [-0.15, -0.1) is 0 Å². The standard InChI is InChI=1S/C14H29N3O3/c1-11(2)17(4)10-6-9-16-14(20)15-8-5-7-12(3)13(18)19/h11-12H,5-10H2,1-4H3,(H,18,19)(H2,15,16,20). The molecule has 0 aromatic heterocycles. The monoisotopic (exact) mass is 287 g/mol. The minimum atomic E-state index is -0.788. The van der Waals surface area contributed by atoms with Crippen LogP contribution in [0.2, 0.25) is 0 Å². The van der Waals surface area contributed by atoms with Gasteiger partial charge in [0.1, 0.15) is 0 Å². The van der Waals surface area contributed by atoms with Crippen LogP contribution in [0, 0.1) is 5.92 Å². The molecule has 0 heterocycles. The molecule has 0 aromatic rings. The number of carboxylic acid groups (broad SMARTS) is 1. The van der Waals surface area contributed by atoms with Crippen LogP contribution in [-0.4, -0.2) is 54.7 Å². The summed E-state index contributed by atoms with van der Waals surface area (Å²) in [5, 5.41) is 14.2. The van der Waals surface area contributed by atoms with Crippen molar-refractivity contribution in [2.24, 2.45) is 5.92 Å². The summed E-state index contributed by atoms with van der Waals surface area (Å²) in [5.41, 5.74) is 0. The molecule has 0 saturated heterocycles. The molecule has 0 aliphatic heterocycles. The minimum absolute atomic E-state index is 0.180. The van der Waals surface area contributed by atoms with Crippen molar-refractivity contribution < 1.29 is 14.7 Å². The van der Waals surface area contributed by atoms with Crippen LogP contribution in [0.3, 0.4) is 0 Å². The predicted molar refractivity (Wildman–Crippen MR) is 79.8 cm³/mol. The quantitative estimate of drug-likeness (QED) is 0.532. The maximum absolute atomic E-state index is 11.4. The molecule has 2 amide bonds. The number of urea groups is 1. The largest absolute Gasteiger partial charge is 0.481 e. The molecule has 0 fully saturated rings. The minimum Gasteiger partial charge on any atom is -0.481 e. The maximum atomic E-state index is 11.4. The van der Waals surface area contributed by atoms with Crippen LogP contribution >= 0.6 is 0 Å². The molecule has 0 aliphatic rings. The lowest BCUT2D eigenvalue weighted by atomic mass is 10.1. The Hall–Kier alpha value is -1.30. The Labute approximate surface area is 121 Å². The zero-order valence-electron chi connectivity index (χ0n) is 13.1. The van der Waals surface area contributed by atoms with E-state index in [4.69, 9.17) is 5.11 Å². The fourth-order valence-corrected chi connectivity index (χ4v) is 1.58. The number of amides is 2. The first-order chi connectivity index (χ1) is 9.34. The maximum Gasteiger partial charge on any atom is 0.314 e. The Morgan fingerprint density at radius 3 is 2.15 bits per heavy atom. The SMILES string of the molecule is CC(CCCNC(=O)NCCCN(C)C(C)C)C(=O)O. The zero-order chi connectivity index (χ0) is 15.5. The number of hydrogen-bond donors (Lipinski definition) is 3. The summed E-state index contributed by atoms with van der Waals surface area (Å²) < 4.78 is 0. The Balaban J connectivity index is 3.48. The van der Waals surface area contributed by atoms with E-state index in [1.54, 1.807) is 6.92 Å². The Morgan fingerprint density at radius 1 is 1.10 bits per heavy atom. The van der Waals surface area contributed by atoms with Gasteiger partial charge >= 0.3 is 12.0 Å². The fourth-order valence-electron chi connectivity index (χ4n) is 1.58. The van der Waals surface area contributed by atoms with Crippen molar-refractivity contribution in [1.29, 1.82) is 0 Å². The van der Waals surface area contributed by atoms with Crippen molar-refractivity contribution in [1.82, 2.24) is 15.5 Å². The number of rotatable bonds is 10. The summed E-state index contributed by atoms with van der Waals surface area (Å²) in [6.07, 6.45) is 2.17. The van der Waals surface area contributed by atoms with Gasteiger partial charge in [-0.05, 0) is 46.7 Å². The molecule has 3 N–H and O–H groups in total. The summed E-state index contributed by atoms with van der Waals surface area (Å²) in [6.45, 7) is 8.06. The highest BCUT2D eigenvalue weighted by Gasteiger charge is 2.10. The van der Waals surface area contributed by atoms with E-state index in [0.717, 1.165) is 13.0 Å². The van der Waals surface area contributed by atoms with Gasteiger partial charge < -0.3 is 20.6 Å². The average molecular weight is 287 g/mol. The molecule has 20 heavy (non-hydrogen) atoms. The lowest BCUT2D eigenvalue weighted by Gasteiger charge is -2.20. The Morgan fingerprint density at radius 2 is 1.65 bits per heavy atom. The van der Waals surface area contributed by atoms with E-state index in [0.29, 0.717) is 32.0 Å². The van der Waals surface area contributed by atoms with Crippen molar-refractivity contribution in [2.75, 3.05) is 26.7 Å². The molecular formula is C14H29N3O3. The van der Waals surface area contributed by atoms with Crippen molar-refractivity contribution in [3.05, 3.63) is 0 Å². The molecule has 1 atom stereocenters. The van der Waals surface area contributed by atoms with Gasteiger partial charge in [-0.2, -0.15) is 0 Å². The molecular weight excluding hydrogens is 258 g/mol. The molecule has 6 nitrogen and oxygen atoms in total. The summed E-state index contributed by atoms with van der Waals surface area (Å²) in [5.74, 6) is -1.14. The van der Waals surface area contributed by atoms with Crippen LogP contribution in [0.5, 0.6) is 0 Å². The van der Waals surface area contributed by atoms with Gasteiger partial charge in [-0.25, -0.2) is 4.79 Å². The van der Waals surface area contributed by atoms with Crippen molar-refractivity contribution >= 4 is 12.0 Å². The van der Waals surface area contributed by atoms with Crippen molar-refractivity contribution in [3.8, 4) is 0 Å². The third-order valence-electron chi connectivity index (χ3n) is 3.38. The van der Waals surface area contributed by atoms with Gasteiger partial charge in [-0.3, -0.25) is 4.79 Å². The van der Waals surface area contributed by atoms with Gasteiger partial charge in [0, 0.05) is 19.1 Å². The van der Waals surface area contributed by atoms with Crippen LogP contribution in [0.4, 0.5) is 4.79 Å². The van der Waals surface area contributed by atoms with Crippen molar-refractivity contribution in [3.63, 3.8) is 0 Å². The molecule has 0 saturated carbocycles. The van der Waals surface area contributed by atoms with Crippen molar-refractivity contribution in [2.45, 2.75) is 46.1 Å². The second kappa shape index (κ2) is 10.5. The molecule has 118 valence electrons. The number of nitrogens with one attached hydrogen (secondary N) is 2. The van der Waals surface area contributed by atoms with E-state index in [2.05, 4.69) is 36.4 Å². The van der Waals surface area contributed by atoms with E-state index in [9.17, 15) is 9.59 Å². The second-order valence-corrected chi connectivity index (χ2v) is 5.49. The van der Waals surface area contributed by atoms with Gasteiger partial charge in [0.25, 0.3) is 0 Å². The van der Waals surface area contributed by atoms with Gasteiger partial charge in [0.15, 0.2) is 0 Å². The molecule has 0 spiro atoms. The fraction of sp³-hybridized carbons (Fsp3) is 0.857. The normalized spacial score (nSPS) is 12.5. The van der Waals surface area contributed by atoms with Gasteiger partial charge in [-0.1, -0.05) is 6.92 Å². The molecule has 0 aromatic carbocycles. The highest BCUT2D eigenvalue weighted by atomic mass is 16.4. The summed E-state index contributed by atoms with van der Waals surface area (Å²) >= 11 is 0. The summed E-state index contributed by atoms with van der Waals surface area (Å²) in [4.78, 5) is 24.3. The van der Waals surface area contributed by atoms with Crippen LogP contribution < -0.4 is 10.6 Å². The smallest absolute Gasteiger partial charge is 0.314 e. The molecule has 0 rings (SSSR count). The van der Waals surface area contributed by atoms with E-state index in [-0.39, 0.29) is 11.9 Å². The molecule has 1 unspecified atom stereocenters.